The SMILES string of the molecule is Cc1ccc(NC(=O)N2[C@@H]3C[C@H](C)C[C@H]2C3)cc1-c1ncc(F)cn1. The predicted octanol–water partition coefficient (Wildman–Crippen LogP) is 4.00. The number of benzene rings is 1. The molecule has 0 unspecified atom stereocenters. The third-order valence-electron chi connectivity index (χ3n) is 5.26. The molecule has 2 saturated heterocycles. The Kier molecular flexibility index (Phi) is 3.90. The topological polar surface area (TPSA) is 58.1 Å². The minimum absolute atomic E-state index is 0.0389. The van der Waals surface area contributed by atoms with Crippen molar-refractivity contribution in [1.82, 2.24) is 14.9 Å². The van der Waals surface area contributed by atoms with Crippen molar-refractivity contribution in [2.24, 2.45) is 5.92 Å². The molecule has 5 nitrogen and oxygen atoms in total. The smallest absolute Gasteiger partial charge is 0.318 e. The number of halogens is 1. The number of aromatic nitrogens is 2. The lowest BCUT2D eigenvalue weighted by molar-refractivity contribution is -0.00600. The average molecular weight is 340 g/mol. The zero-order valence-corrected chi connectivity index (χ0v) is 14.4. The number of urea groups is 1. The van der Waals surface area contributed by atoms with Crippen LogP contribution in [-0.4, -0.2) is 33.0 Å². The summed E-state index contributed by atoms with van der Waals surface area (Å²) in [5.74, 6) is 0.684. The Hall–Kier alpha value is -2.50. The van der Waals surface area contributed by atoms with E-state index in [0.717, 1.165) is 42.8 Å². The van der Waals surface area contributed by atoms with Crippen molar-refractivity contribution in [3.63, 3.8) is 0 Å². The van der Waals surface area contributed by atoms with Crippen LogP contribution >= 0.6 is 0 Å². The second-order valence-corrected chi connectivity index (χ2v) is 7.21. The molecule has 0 spiro atoms. The zero-order chi connectivity index (χ0) is 17.6. The van der Waals surface area contributed by atoms with Crippen LogP contribution in [0.2, 0.25) is 0 Å². The number of nitrogens with zero attached hydrogens (tertiary/aromatic N) is 3. The molecule has 2 aromatic rings. The molecule has 1 N–H and O–H groups in total. The monoisotopic (exact) mass is 340 g/mol. The molecule has 3 atom stereocenters. The second kappa shape index (κ2) is 6.10. The zero-order valence-electron chi connectivity index (χ0n) is 14.4. The van der Waals surface area contributed by atoms with Gasteiger partial charge >= 0.3 is 6.03 Å². The van der Waals surface area contributed by atoms with Gasteiger partial charge in [-0.05, 0) is 49.8 Å². The average Bonchev–Trinajstić information content (AvgIpc) is 2.57. The molecule has 2 bridgehead atoms. The van der Waals surface area contributed by atoms with Crippen LogP contribution in [0.4, 0.5) is 14.9 Å². The normalized spacial score (nSPS) is 24.6. The van der Waals surface area contributed by atoms with E-state index in [0.29, 0.717) is 29.5 Å². The molecule has 25 heavy (non-hydrogen) atoms. The molecule has 130 valence electrons. The number of rotatable bonds is 2. The van der Waals surface area contributed by atoms with Crippen LogP contribution in [-0.2, 0) is 0 Å². The van der Waals surface area contributed by atoms with Crippen LogP contribution < -0.4 is 5.32 Å². The van der Waals surface area contributed by atoms with Gasteiger partial charge in [-0.3, -0.25) is 0 Å². The third kappa shape index (κ3) is 2.97. The summed E-state index contributed by atoms with van der Waals surface area (Å²) < 4.78 is 13.0. The van der Waals surface area contributed by atoms with E-state index in [1.165, 1.54) is 0 Å². The van der Waals surface area contributed by atoms with Crippen LogP contribution in [0.15, 0.2) is 30.6 Å². The molecular weight excluding hydrogens is 319 g/mol. The van der Waals surface area contributed by atoms with Crippen LogP contribution in [0.5, 0.6) is 0 Å². The van der Waals surface area contributed by atoms with Crippen molar-refractivity contribution in [2.75, 3.05) is 5.32 Å². The van der Waals surface area contributed by atoms with E-state index in [1.807, 2.05) is 30.0 Å². The van der Waals surface area contributed by atoms with Crippen molar-refractivity contribution in [2.45, 2.75) is 45.2 Å². The van der Waals surface area contributed by atoms with Crippen LogP contribution in [0.1, 0.15) is 31.7 Å². The first-order chi connectivity index (χ1) is 12.0. The highest BCUT2D eigenvalue weighted by Gasteiger charge is 2.46. The van der Waals surface area contributed by atoms with Crippen molar-refractivity contribution in [3.05, 3.63) is 42.0 Å². The Bertz CT molecular complexity index is 796. The highest BCUT2D eigenvalue weighted by Crippen LogP contribution is 2.41. The summed E-state index contributed by atoms with van der Waals surface area (Å²) in [4.78, 5) is 22.7. The maximum atomic E-state index is 13.0. The number of amides is 2. The fraction of sp³-hybridized carbons (Fsp3) is 0.421. The van der Waals surface area contributed by atoms with Crippen molar-refractivity contribution >= 4 is 11.7 Å². The number of hydrogen-bond acceptors (Lipinski definition) is 3. The second-order valence-electron chi connectivity index (χ2n) is 7.21. The minimum atomic E-state index is -0.468. The van der Waals surface area contributed by atoms with Gasteiger partial charge in [-0.15, -0.1) is 0 Å². The van der Waals surface area contributed by atoms with Crippen LogP contribution in [0.3, 0.4) is 0 Å². The first-order valence-corrected chi connectivity index (χ1v) is 8.69. The Morgan fingerprint density at radius 1 is 1.20 bits per heavy atom. The molecule has 0 aliphatic carbocycles. The number of anilines is 1. The number of nitrogens with one attached hydrogen (secondary N) is 1. The standard InChI is InChI=1S/C19H21FN4O/c1-11-5-15-8-16(6-11)24(15)19(25)23-14-4-3-12(2)17(7-14)18-21-9-13(20)10-22-18/h3-4,7,9-11,15-16H,5-6,8H2,1-2H3,(H,23,25)/t11-,15+,16-. The fourth-order valence-electron chi connectivity index (χ4n) is 4.06. The highest BCUT2D eigenvalue weighted by atomic mass is 19.1. The molecule has 2 amide bonds. The summed E-state index contributed by atoms with van der Waals surface area (Å²) in [6, 6.07) is 6.34. The molecule has 2 aliphatic rings. The van der Waals surface area contributed by atoms with Gasteiger partial charge in [-0.25, -0.2) is 19.2 Å². The molecule has 1 aromatic carbocycles. The largest absolute Gasteiger partial charge is 0.322 e. The van der Waals surface area contributed by atoms with Gasteiger partial charge in [0.15, 0.2) is 11.6 Å². The third-order valence-corrected chi connectivity index (χ3v) is 5.26. The Morgan fingerprint density at radius 3 is 2.56 bits per heavy atom. The maximum absolute atomic E-state index is 13.0. The van der Waals surface area contributed by atoms with Crippen LogP contribution in [0.25, 0.3) is 11.4 Å². The Labute approximate surface area is 146 Å². The molecule has 0 radical (unpaired) electrons. The maximum Gasteiger partial charge on any atom is 0.322 e. The van der Waals surface area contributed by atoms with Crippen molar-refractivity contribution in [1.29, 1.82) is 0 Å². The van der Waals surface area contributed by atoms with Gasteiger partial charge in [-0.2, -0.15) is 0 Å². The minimum Gasteiger partial charge on any atom is -0.318 e. The van der Waals surface area contributed by atoms with E-state index in [4.69, 9.17) is 0 Å². The number of piperidine rings is 1. The lowest BCUT2D eigenvalue weighted by Gasteiger charge is -2.54. The summed E-state index contributed by atoms with van der Waals surface area (Å²) in [5, 5.41) is 2.99. The molecule has 2 aliphatic heterocycles. The number of carbonyl (C=O) groups is 1. The molecule has 3 heterocycles. The quantitative estimate of drug-likeness (QED) is 0.899. The van der Waals surface area contributed by atoms with E-state index in [9.17, 15) is 9.18 Å². The number of carbonyl (C=O) groups excluding carboxylic acids is 1. The molecule has 1 aromatic heterocycles. The lowest BCUT2D eigenvalue weighted by Crippen LogP contribution is -2.63. The molecule has 2 fully saturated rings. The fourth-order valence-corrected chi connectivity index (χ4v) is 4.06. The summed E-state index contributed by atoms with van der Waals surface area (Å²) >= 11 is 0. The Balaban J connectivity index is 1.53. The van der Waals surface area contributed by atoms with Crippen molar-refractivity contribution in [3.8, 4) is 11.4 Å². The Morgan fingerprint density at radius 2 is 1.88 bits per heavy atom. The lowest BCUT2D eigenvalue weighted by atomic mass is 9.74. The van der Waals surface area contributed by atoms with Crippen molar-refractivity contribution < 1.29 is 9.18 Å². The molecule has 4 rings (SSSR count). The van der Waals surface area contributed by atoms with Gasteiger partial charge in [0.1, 0.15) is 0 Å². The molecule has 0 saturated carbocycles. The summed E-state index contributed by atoms with van der Waals surface area (Å²) in [6.07, 6.45) is 5.60. The molecule has 6 heteroatoms. The summed E-state index contributed by atoms with van der Waals surface area (Å²) in [5.41, 5.74) is 2.46. The first-order valence-electron chi connectivity index (χ1n) is 8.69. The highest BCUT2D eigenvalue weighted by molar-refractivity contribution is 5.91. The summed E-state index contributed by atoms with van der Waals surface area (Å²) in [6.45, 7) is 4.19. The molecular formula is C19H21FN4O. The van der Waals surface area contributed by atoms with Gasteiger partial charge in [-0.1, -0.05) is 13.0 Å². The van der Waals surface area contributed by atoms with E-state index < -0.39 is 5.82 Å². The summed E-state index contributed by atoms with van der Waals surface area (Å²) in [7, 11) is 0. The number of aryl methyl sites for hydroxylation is 1. The van der Waals surface area contributed by atoms with Gasteiger partial charge in [0.2, 0.25) is 0 Å². The van der Waals surface area contributed by atoms with E-state index >= 15 is 0 Å². The van der Waals surface area contributed by atoms with E-state index in [-0.39, 0.29) is 6.03 Å². The van der Waals surface area contributed by atoms with E-state index in [1.54, 1.807) is 0 Å². The predicted molar refractivity (Wildman–Crippen MR) is 93.6 cm³/mol. The number of hydrogen-bond donors (Lipinski definition) is 1. The first kappa shape index (κ1) is 16.0. The van der Waals surface area contributed by atoms with Gasteiger partial charge < -0.3 is 10.2 Å². The van der Waals surface area contributed by atoms with Gasteiger partial charge in [0.25, 0.3) is 0 Å². The van der Waals surface area contributed by atoms with Crippen LogP contribution in [0, 0.1) is 18.7 Å². The number of fused-ring (bicyclic) bond motifs is 2. The van der Waals surface area contributed by atoms with Gasteiger partial charge in [0, 0.05) is 23.3 Å². The van der Waals surface area contributed by atoms with Gasteiger partial charge in [0.05, 0.1) is 12.4 Å². The van der Waals surface area contributed by atoms with E-state index in [2.05, 4.69) is 22.2 Å².